The van der Waals surface area contributed by atoms with Gasteiger partial charge in [-0.3, -0.25) is 0 Å². The van der Waals surface area contributed by atoms with Crippen molar-refractivity contribution in [1.29, 1.82) is 0 Å². The van der Waals surface area contributed by atoms with Gasteiger partial charge in [0.15, 0.2) is 0 Å². The van der Waals surface area contributed by atoms with Gasteiger partial charge < -0.3 is 12.9 Å². The minimum absolute atomic E-state index is 0.145. The van der Waals surface area contributed by atoms with Crippen molar-refractivity contribution in [3.05, 3.63) is 0 Å². The van der Waals surface area contributed by atoms with Crippen LogP contribution in [0, 0.1) is 5.92 Å². The van der Waals surface area contributed by atoms with Gasteiger partial charge in [0, 0.05) is 0 Å². The molecule has 0 radical (unpaired) electrons. The zero-order valence-corrected chi connectivity index (χ0v) is 9.07. The van der Waals surface area contributed by atoms with Crippen molar-refractivity contribution in [2.45, 2.75) is 36.7 Å². The average Bonchev–Trinajstić information content (AvgIpc) is 2.33. The number of hydrogen-bond acceptors (Lipinski definition) is 0. The van der Waals surface area contributed by atoms with Gasteiger partial charge in [0.2, 0.25) is 0 Å². The first kappa shape index (κ1) is 8.34. The molecule has 2 unspecified atom stereocenters. The topological polar surface area (TPSA) is 0 Å². The third-order valence-electron chi connectivity index (χ3n) is 2.54. The lowest BCUT2D eigenvalue weighted by molar-refractivity contribution is 0.530. The van der Waals surface area contributed by atoms with E-state index in [4.69, 9.17) is 0 Å². The minimum Gasteiger partial charge on any atom is -0.306 e. The lowest BCUT2D eigenvalue weighted by Gasteiger charge is -2.13. The highest BCUT2D eigenvalue weighted by molar-refractivity contribution is 9.23. The van der Waals surface area contributed by atoms with Crippen LogP contribution >= 0.6 is 12.9 Å². The third kappa shape index (κ3) is 2.09. The molecule has 1 aliphatic rings. The third-order valence-corrected chi connectivity index (χ3v) is 6.51. The molecule has 9 heavy (non-hydrogen) atoms. The van der Waals surface area contributed by atoms with E-state index in [2.05, 4.69) is 19.8 Å². The van der Waals surface area contributed by atoms with Gasteiger partial charge in [0.05, 0.1) is 0 Å². The summed E-state index contributed by atoms with van der Waals surface area (Å²) in [7, 11) is 0. The van der Waals surface area contributed by atoms with Crippen molar-refractivity contribution in [3.8, 4) is 0 Å². The van der Waals surface area contributed by atoms with Gasteiger partial charge in [-0.25, -0.2) is 0 Å². The Hall–Kier alpha value is 1.25. The Morgan fingerprint density at radius 3 is 2.78 bits per heavy atom. The molecule has 0 bridgehead atoms. The molecule has 0 aromatic heterocycles. The summed E-state index contributed by atoms with van der Waals surface area (Å²) in [6.07, 6.45) is 5.96. The van der Waals surface area contributed by atoms with Gasteiger partial charge in [0.1, 0.15) is 0 Å². The van der Waals surface area contributed by atoms with Crippen molar-refractivity contribution in [2.24, 2.45) is 5.92 Å². The van der Waals surface area contributed by atoms with Gasteiger partial charge >= 0.3 is 18.2 Å². The molecule has 0 saturated heterocycles. The highest BCUT2D eigenvalue weighted by Gasteiger charge is 2.25. The normalized spacial score (nSPS) is 34.4. The molecule has 1 rings (SSSR count). The van der Waals surface area contributed by atoms with Gasteiger partial charge in [-0.15, -0.1) is 4.05 Å². The van der Waals surface area contributed by atoms with E-state index in [0.717, 1.165) is 9.97 Å². The van der Waals surface area contributed by atoms with Crippen LogP contribution in [0.25, 0.3) is 0 Å². The molecule has 1 saturated carbocycles. The number of hydrogen-bond donors (Lipinski definition) is 0. The van der Waals surface area contributed by atoms with Crippen molar-refractivity contribution < 1.29 is 0 Å². The Morgan fingerprint density at radius 2 is 2.33 bits per heavy atom. The molecule has 0 nitrogen and oxygen atoms in total. The van der Waals surface area contributed by atoms with Crippen LogP contribution in [0.3, 0.4) is 0 Å². The maximum Gasteiger partial charge on any atom is 0.472 e. The second-order valence-electron chi connectivity index (χ2n) is 3.01. The fraction of sp³-hybridized carbons (Fsp3) is 1.00. The smallest absolute Gasteiger partial charge is 0.306 e. The molecule has 1 aliphatic carbocycles. The summed E-state index contributed by atoms with van der Waals surface area (Å²) in [6, 6.07) is 0. The van der Waals surface area contributed by atoms with Crippen LogP contribution in [0.1, 0.15) is 32.6 Å². The Bertz CT molecular complexity index is 75.0. The number of halogens is 1. The Kier molecular flexibility index (Phi) is 3.89. The first-order valence-electron chi connectivity index (χ1n) is 3.94. The second kappa shape index (κ2) is 4.19. The van der Waals surface area contributed by atoms with Crippen LogP contribution < -0.4 is 0 Å². The standard InChI is InChI=1S/C7H13.BrH.Mg/c1-2-7-5-3-4-6-7;;/h5,7H,2-4,6H2,1H3;1H;/q;;+1/p-1. The van der Waals surface area contributed by atoms with Crippen molar-refractivity contribution in [2.75, 3.05) is 0 Å². The Balaban J connectivity index is 2.32. The van der Waals surface area contributed by atoms with Gasteiger partial charge in [0.25, 0.3) is 0 Å². The van der Waals surface area contributed by atoms with E-state index in [1.165, 1.54) is 25.7 Å². The van der Waals surface area contributed by atoms with Crippen molar-refractivity contribution in [3.63, 3.8) is 0 Å². The summed E-state index contributed by atoms with van der Waals surface area (Å²) >= 11 is 3.84. The van der Waals surface area contributed by atoms with Crippen LogP contribution in [0.4, 0.5) is 0 Å². The maximum absolute atomic E-state index is 3.70. The zero-order valence-electron chi connectivity index (χ0n) is 6.07. The lowest BCUT2D eigenvalue weighted by Crippen LogP contribution is -2.03. The average molecular weight is 201 g/mol. The van der Waals surface area contributed by atoms with Crippen LogP contribution in [-0.2, 0) is 0 Å². The molecule has 0 spiro atoms. The van der Waals surface area contributed by atoms with E-state index in [1.807, 2.05) is 0 Å². The highest BCUT2D eigenvalue weighted by atomic mass is 79.9. The van der Waals surface area contributed by atoms with E-state index in [9.17, 15) is 0 Å². The van der Waals surface area contributed by atoms with E-state index < -0.39 is 0 Å². The highest BCUT2D eigenvalue weighted by Crippen LogP contribution is 2.38. The molecule has 1 fully saturated rings. The predicted octanol–water partition coefficient (Wildman–Crippen LogP) is 3.00. The largest absolute Gasteiger partial charge is 0.472 e. The van der Waals surface area contributed by atoms with E-state index in [0.29, 0.717) is 0 Å². The molecular formula is C7H13BrMg. The quantitative estimate of drug-likeness (QED) is 0.603. The van der Waals surface area contributed by atoms with Crippen LogP contribution in [0.5, 0.6) is 0 Å². The first-order chi connectivity index (χ1) is 4.38. The van der Waals surface area contributed by atoms with E-state index in [-0.39, 0.29) is 18.2 Å². The summed E-state index contributed by atoms with van der Waals surface area (Å²) in [5.74, 6) is 1.09. The molecule has 0 aromatic carbocycles. The van der Waals surface area contributed by atoms with Crippen molar-refractivity contribution in [1.82, 2.24) is 0 Å². The fourth-order valence-corrected chi connectivity index (χ4v) is 5.68. The second-order valence-corrected chi connectivity index (χ2v) is 6.31. The van der Waals surface area contributed by atoms with Gasteiger partial charge in [-0.05, 0) is 0 Å². The summed E-state index contributed by atoms with van der Waals surface area (Å²) in [6.45, 7) is 2.33. The van der Waals surface area contributed by atoms with Crippen LogP contribution in [0.15, 0.2) is 0 Å². The Morgan fingerprint density at radius 1 is 1.56 bits per heavy atom. The molecule has 0 aliphatic heterocycles. The molecule has 0 aromatic rings. The molecule has 0 amide bonds. The Labute approximate surface area is 73.4 Å². The predicted molar refractivity (Wildman–Crippen MR) is 46.1 cm³/mol. The maximum atomic E-state index is 3.70. The van der Waals surface area contributed by atoms with Crippen LogP contribution in [0.2, 0.25) is 4.05 Å². The minimum atomic E-state index is 0.145. The summed E-state index contributed by atoms with van der Waals surface area (Å²) in [5.41, 5.74) is 0. The van der Waals surface area contributed by atoms with Crippen molar-refractivity contribution >= 4 is 31.1 Å². The van der Waals surface area contributed by atoms with Crippen LogP contribution in [-0.4, -0.2) is 18.2 Å². The van der Waals surface area contributed by atoms with Gasteiger partial charge in [-0.1, -0.05) is 38.5 Å². The molecule has 2 heteroatoms. The number of rotatable bonds is 2. The zero-order chi connectivity index (χ0) is 6.69. The SMILES string of the molecule is CCC1CCC[CH]1[Mg][Br]. The summed E-state index contributed by atoms with van der Waals surface area (Å²) in [4.78, 5) is 0. The van der Waals surface area contributed by atoms with E-state index in [1.54, 1.807) is 0 Å². The first-order valence-corrected chi connectivity index (χ1v) is 8.66. The summed E-state index contributed by atoms with van der Waals surface area (Å²) in [5, 5.41) is 0. The monoisotopic (exact) mass is 200 g/mol. The van der Waals surface area contributed by atoms with Gasteiger partial charge in [-0.2, -0.15) is 0 Å². The molecule has 2 atom stereocenters. The molecule has 0 N–H and O–H groups in total. The van der Waals surface area contributed by atoms with E-state index >= 15 is 0 Å². The molecule has 0 heterocycles. The molecular weight excluding hydrogens is 188 g/mol. The lowest BCUT2D eigenvalue weighted by atomic mass is 10.1. The summed E-state index contributed by atoms with van der Waals surface area (Å²) < 4.78 is 1.13. The fourth-order valence-electron chi connectivity index (χ4n) is 1.85. The molecule has 50 valence electrons.